The SMILES string of the molecule is COc1ccccc1N=C1OCC\C1=C/C=C/C=C/c1ccccc1. The predicted molar refractivity (Wildman–Crippen MR) is 103 cm³/mol. The molecule has 3 heteroatoms. The maximum atomic E-state index is 5.67. The highest BCUT2D eigenvalue weighted by Crippen LogP contribution is 2.28. The molecule has 0 atom stereocenters. The van der Waals surface area contributed by atoms with Gasteiger partial charge < -0.3 is 9.47 Å². The Bertz CT molecular complexity index is 817. The molecule has 2 aromatic rings. The molecule has 1 saturated heterocycles. The van der Waals surface area contributed by atoms with Gasteiger partial charge in [0.05, 0.1) is 13.7 Å². The fraction of sp³-hybridized carbons (Fsp3) is 0.136. The average molecular weight is 331 g/mol. The molecule has 1 aliphatic heterocycles. The normalized spacial score (nSPS) is 17.6. The lowest BCUT2D eigenvalue weighted by atomic mass is 10.2. The molecule has 3 rings (SSSR count). The van der Waals surface area contributed by atoms with E-state index in [0.717, 1.165) is 23.4 Å². The number of hydrogen-bond acceptors (Lipinski definition) is 3. The molecule has 1 aliphatic rings. The number of ether oxygens (including phenoxy) is 2. The number of benzene rings is 2. The minimum atomic E-state index is 0.660. The van der Waals surface area contributed by atoms with Crippen LogP contribution in [0.2, 0.25) is 0 Å². The molecule has 25 heavy (non-hydrogen) atoms. The number of allylic oxidation sites excluding steroid dienone is 4. The first kappa shape index (κ1) is 16.8. The fourth-order valence-corrected chi connectivity index (χ4v) is 2.51. The van der Waals surface area contributed by atoms with Crippen molar-refractivity contribution in [2.24, 2.45) is 4.99 Å². The molecular formula is C22H21NO2. The molecule has 0 unspecified atom stereocenters. The number of aliphatic imine (C=N–C) groups is 1. The highest BCUT2D eigenvalue weighted by Gasteiger charge is 2.16. The van der Waals surface area contributed by atoms with Crippen molar-refractivity contribution in [2.45, 2.75) is 6.42 Å². The third-order valence-corrected chi connectivity index (χ3v) is 3.80. The Balaban J connectivity index is 1.70. The molecular weight excluding hydrogens is 310 g/mol. The van der Waals surface area contributed by atoms with E-state index >= 15 is 0 Å². The summed E-state index contributed by atoms with van der Waals surface area (Å²) in [5, 5.41) is 0. The molecule has 0 spiro atoms. The maximum absolute atomic E-state index is 5.67. The molecule has 1 heterocycles. The van der Waals surface area contributed by atoms with Crippen LogP contribution in [0.5, 0.6) is 5.75 Å². The minimum absolute atomic E-state index is 0.660. The van der Waals surface area contributed by atoms with Crippen molar-refractivity contribution in [1.82, 2.24) is 0 Å². The average Bonchev–Trinajstić information content (AvgIpc) is 3.10. The van der Waals surface area contributed by atoms with E-state index in [9.17, 15) is 0 Å². The zero-order chi connectivity index (χ0) is 17.3. The Morgan fingerprint density at radius 2 is 1.76 bits per heavy atom. The van der Waals surface area contributed by atoms with Crippen LogP contribution in [0.3, 0.4) is 0 Å². The summed E-state index contributed by atoms with van der Waals surface area (Å²) in [5.74, 6) is 1.41. The van der Waals surface area contributed by atoms with Gasteiger partial charge in [0.2, 0.25) is 5.90 Å². The first-order valence-electron chi connectivity index (χ1n) is 8.30. The molecule has 3 nitrogen and oxygen atoms in total. The molecule has 0 saturated carbocycles. The summed E-state index contributed by atoms with van der Waals surface area (Å²) in [7, 11) is 1.65. The van der Waals surface area contributed by atoms with E-state index in [-0.39, 0.29) is 0 Å². The zero-order valence-electron chi connectivity index (χ0n) is 14.3. The molecule has 0 radical (unpaired) electrons. The van der Waals surface area contributed by atoms with Crippen LogP contribution in [0.4, 0.5) is 5.69 Å². The van der Waals surface area contributed by atoms with Gasteiger partial charge in [-0.2, -0.15) is 0 Å². The van der Waals surface area contributed by atoms with Gasteiger partial charge in [-0.05, 0) is 17.7 Å². The van der Waals surface area contributed by atoms with Crippen molar-refractivity contribution < 1.29 is 9.47 Å². The lowest BCUT2D eigenvalue weighted by Gasteiger charge is -2.04. The summed E-state index contributed by atoms with van der Waals surface area (Å²) < 4.78 is 11.0. The molecule has 0 amide bonds. The summed E-state index contributed by atoms with van der Waals surface area (Å²) in [6, 6.07) is 17.9. The van der Waals surface area contributed by atoms with E-state index in [1.165, 1.54) is 5.56 Å². The first-order valence-corrected chi connectivity index (χ1v) is 8.30. The van der Waals surface area contributed by atoms with Gasteiger partial charge >= 0.3 is 0 Å². The van der Waals surface area contributed by atoms with E-state index in [1.807, 2.05) is 60.7 Å². The molecule has 1 fully saturated rings. The maximum Gasteiger partial charge on any atom is 0.217 e. The van der Waals surface area contributed by atoms with Crippen LogP contribution in [0, 0.1) is 0 Å². The molecule has 0 bridgehead atoms. The topological polar surface area (TPSA) is 30.8 Å². The summed E-state index contributed by atoms with van der Waals surface area (Å²) in [6.45, 7) is 0.660. The van der Waals surface area contributed by atoms with Crippen molar-refractivity contribution >= 4 is 17.7 Å². The van der Waals surface area contributed by atoms with Crippen LogP contribution in [0.15, 0.2) is 89.5 Å². The Morgan fingerprint density at radius 1 is 0.960 bits per heavy atom. The third kappa shape index (κ3) is 4.70. The predicted octanol–water partition coefficient (Wildman–Crippen LogP) is 5.34. The van der Waals surface area contributed by atoms with Gasteiger partial charge in [0, 0.05) is 12.0 Å². The number of rotatable bonds is 5. The van der Waals surface area contributed by atoms with Crippen LogP contribution in [0.1, 0.15) is 12.0 Å². The van der Waals surface area contributed by atoms with Gasteiger partial charge in [-0.1, -0.05) is 72.8 Å². The van der Waals surface area contributed by atoms with Crippen LogP contribution >= 0.6 is 0 Å². The van der Waals surface area contributed by atoms with Crippen LogP contribution in [-0.4, -0.2) is 19.6 Å². The molecule has 126 valence electrons. The van der Waals surface area contributed by atoms with Gasteiger partial charge in [0.1, 0.15) is 11.4 Å². The fourth-order valence-electron chi connectivity index (χ4n) is 2.51. The summed E-state index contributed by atoms with van der Waals surface area (Å²) in [6.07, 6.45) is 11.0. The summed E-state index contributed by atoms with van der Waals surface area (Å²) in [5.41, 5.74) is 3.05. The standard InChI is InChI=1S/C22H21NO2/c1-24-21-15-9-8-14-20(21)23-22-19(16-17-25-22)13-7-3-6-12-18-10-4-2-5-11-18/h2-15H,16-17H2,1H3/b7-3+,12-6+,19-13+,23-22?. The summed E-state index contributed by atoms with van der Waals surface area (Å²) >= 11 is 0. The Kier molecular flexibility index (Phi) is 5.83. The lowest BCUT2D eigenvalue weighted by Crippen LogP contribution is -1.96. The van der Waals surface area contributed by atoms with Crippen molar-refractivity contribution in [2.75, 3.05) is 13.7 Å². The molecule has 0 aromatic heterocycles. The highest BCUT2D eigenvalue weighted by atomic mass is 16.5. The summed E-state index contributed by atoms with van der Waals surface area (Å²) in [4.78, 5) is 4.61. The van der Waals surface area contributed by atoms with Gasteiger partial charge in [0.25, 0.3) is 0 Å². The van der Waals surface area contributed by atoms with E-state index < -0.39 is 0 Å². The number of para-hydroxylation sites is 2. The van der Waals surface area contributed by atoms with Crippen LogP contribution in [0.25, 0.3) is 6.08 Å². The van der Waals surface area contributed by atoms with Crippen molar-refractivity contribution in [3.05, 3.63) is 90.0 Å². The van der Waals surface area contributed by atoms with Gasteiger partial charge in [-0.3, -0.25) is 0 Å². The lowest BCUT2D eigenvalue weighted by molar-refractivity contribution is 0.343. The van der Waals surface area contributed by atoms with E-state index in [4.69, 9.17) is 9.47 Å². The van der Waals surface area contributed by atoms with Crippen molar-refractivity contribution in [1.29, 1.82) is 0 Å². The minimum Gasteiger partial charge on any atom is -0.494 e. The van der Waals surface area contributed by atoms with Gasteiger partial charge in [0.15, 0.2) is 0 Å². The number of hydrogen-bond donors (Lipinski definition) is 0. The zero-order valence-corrected chi connectivity index (χ0v) is 14.3. The second-order valence-corrected chi connectivity index (χ2v) is 5.53. The van der Waals surface area contributed by atoms with Crippen molar-refractivity contribution in [3.8, 4) is 5.75 Å². The molecule has 2 aromatic carbocycles. The highest BCUT2D eigenvalue weighted by molar-refractivity contribution is 5.97. The second kappa shape index (κ2) is 8.69. The van der Waals surface area contributed by atoms with E-state index in [1.54, 1.807) is 7.11 Å². The first-order chi connectivity index (χ1) is 12.4. The van der Waals surface area contributed by atoms with Gasteiger partial charge in [-0.25, -0.2) is 4.99 Å². The largest absolute Gasteiger partial charge is 0.494 e. The Morgan fingerprint density at radius 3 is 2.60 bits per heavy atom. The molecule has 0 aliphatic carbocycles. The van der Waals surface area contributed by atoms with E-state index in [2.05, 4.69) is 29.3 Å². The quantitative estimate of drug-likeness (QED) is 0.692. The Hall–Kier alpha value is -3.07. The molecule has 0 N–H and O–H groups in total. The van der Waals surface area contributed by atoms with Crippen LogP contribution in [-0.2, 0) is 4.74 Å². The van der Waals surface area contributed by atoms with Crippen LogP contribution < -0.4 is 4.74 Å². The monoisotopic (exact) mass is 331 g/mol. The van der Waals surface area contributed by atoms with E-state index in [0.29, 0.717) is 12.5 Å². The number of methoxy groups -OCH3 is 1. The second-order valence-electron chi connectivity index (χ2n) is 5.53. The third-order valence-electron chi connectivity index (χ3n) is 3.80. The Labute approximate surface area is 148 Å². The van der Waals surface area contributed by atoms with Crippen molar-refractivity contribution in [3.63, 3.8) is 0 Å². The number of nitrogens with zero attached hydrogens (tertiary/aromatic N) is 1. The smallest absolute Gasteiger partial charge is 0.217 e. The van der Waals surface area contributed by atoms with Gasteiger partial charge in [-0.15, -0.1) is 0 Å².